The molecule has 1 fully saturated rings. The Hall–Kier alpha value is -0.880. The average molecular weight is 324 g/mol. The number of rotatable bonds is 3. The zero-order valence-corrected chi connectivity index (χ0v) is 12.1. The maximum atomic E-state index is 12.2. The second-order valence-corrected chi connectivity index (χ2v) is 6.09. The molecular weight excluding hydrogens is 311 g/mol. The van der Waals surface area contributed by atoms with Gasteiger partial charge in [0.25, 0.3) is 0 Å². The van der Waals surface area contributed by atoms with Gasteiger partial charge in [0.2, 0.25) is 5.91 Å². The fourth-order valence-electron chi connectivity index (χ4n) is 2.08. The molecule has 7 heteroatoms. The van der Waals surface area contributed by atoms with Gasteiger partial charge in [-0.15, -0.1) is 11.6 Å². The van der Waals surface area contributed by atoms with Crippen LogP contribution in [0.5, 0.6) is 0 Å². The van der Waals surface area contributed by atoms with Crippen molar-refractivity contribution in [1.82, 2.24) is 4.90 Å². The van der Waals surface area contributed by atoms with Crippen LogP contribution in [0.25, 0.3) is 0 Å². The SMILES string of the molecule is O=C(C(Cl)c1ccc(SC(F)(F)F)cc1)N1CCCC1. The maximum Gasteiger partial charge on any atom is 0.446 e. The fourth-order valence-corrected chi connectivity index (χ4v) is 2.90. The summed E-state index contributed by atoms with van der Waals surface area (Å²) in [5.41, 5.74) is -3.79. The standard InChI is InChI=1S/C13H13ClF3NOS/c14-11(12(19)18-7-1-2-8-18)9-3-5-10(6-4-9)20-13(15,16)17/h3-6,11H,1-2,7-8H2. The van der Waals surface area contributed by atoms with E-state index in [2.05, 4.69) is 0 Å². The van der Waals surface area contributed by atoms with Crippen LogP contribution in [0.4, 0.5) is 13.2 Å². The Labute approximate surface area is 124 Å². The van der Waals surface area contributed by atoms with Crippen molar-refractivity contribution in [3.8, 4) is 0 Å². The van der Waals surface area contributed by atoms with E-state index in [1.165, 1.54) is 24.3 Å². The Morgan fingerprint density at radius 3 is 2.25 bits per heavy atom. The summed E-state index contributed by atoms with van der Waals surface area (Å²) in [5, 5.41) is -0.835. The number of thioether (sulfide) groups is 1. The molecule has 110 valence electrons. The molecule has 2 rings (SSSR count). The number of carbonyl (C=O) groups excluding carboxylic acids is 1. The minimum atomic E-state index is -4.31. The lowest BCUT2D eigenvalue weighted by molar-refractivity contribution is -0.129. The number of amides is 1. The van der Waals surface area contributed by atoms with Crippen LogP contribution < -0.4 is 0 Å². The predicted molar refractivity (Wildman–Crippen MR) is 72.8 cm³/mol. The molecule has 1 saturated heterocycles. The largest absolute Gasteiger partial charge is 0.446 e. The highest BCUT2D eigenvalue weighted by atomic mass is 35.5. The first-order valence-corrected chi connectivity index (χ1v) is 7.41. The second kappa shape index (κ2) is 6.26. The monoisotopic (exact) mass is 323 g/mol. The lowest BCUT2D eigenvalue weighted by Gasteiger charge is -2.19. The molecule has 1 atom stereocenters. The topological polar surface area (TPSA) is 20.3 Å². The van der Waals surface area contributed by atoms with E-state index >= 15 is 0 Å². The first kappa shape index (κ1) is 15.5. The third-order valence-electron chi connectivity index (χ3n) is 3.04. The first-order chi connectivity index (χ1) is 9.37. The lowest BCUT2D eigenvalue weighted by Crippen LogP contribution is -2.30. The molecule has 1 aliphatic heterocycles. The molecule has 1 aromatic rings. The van der Waals surface area contributed by atoms with Crippen LogP contribution in [0.15, 0.2) is 29.2 Å². The Bertz CT molecular complexity index is 471. The molecule has 0 bridgehead atoms. The molecule has 1 amide bonds. The van der Waals surface area contributed by atoms with Gasteiger partial charge in [0.15, 0.2) is 0 Å². The molecular formula is C13H13ClF3NOS. The van der Waals surface area contributed by atoms with Gasteiger partial charge in [-0.25, -0.2) is 0 Å². The number of halogens is 4. The third-order valence-corrected chi connectivity index (χ3v) is 4.22. The van der Waals surface area contributed by atoms with Crippen molar-refractivity contribution in [3.63, 3.8) is 0 Å². The molecule has 0 N–H and O–H groups in total. The number of likely N-dealkylation sites (tertiary alicyclic amines) is 1. The van der Waals surface area contributed by atoms with Gasteiger partial charge >= 0.3 is 5.51 Å². The van der Waals surface area contributed by atoms with E-state index < -0.39 is 10.9 Å². The average Bonchev–Trinajstić information content (AvgIpc) is 2.90. The Balaban J connectivity index is 2.03. The molecule has 1 aromatic carbocycles. The summed E-state index contributed by atoms with van der Waals surface area (Å²) in [6.45, 7) is 1.40. The van der Waals surface area contributed by atoms with E-state index in [0.29, 0.717) is 18.7 Å². The second-order valence-electron chi connectivity index (χ2n) is 4.51. The van der Waals surface area contributed by atoms with Crippen molar-refractivity contribution in [2.24, 2.45) is 0 Å². The number of carbonyl (C=O) groups is 1. The molecule has 20 heavy (non-hydrogen) atoms. The molecule has 0 spiro atoms. The van der Waals surface area contributed by atoms with E-state index in [4.69, 9.17) is 11.6 Å². The van der Waals surface area contributed by atoms with E-state index in [-0.39, 0.29) is 22.6 Å². The van der Waals surface area contributed by atoms with Crippen molar-refractivity contribution in [3.05, 3.63) is 29.8 Å². The summed E-state index contributed by atoms with van der Waals surface area (Å²) in [6.07, 6.45) is 1.94. The first-order valence-electron chi connectivity index (χ1n) is 6.15. The van der Waals surface area contributed by atoms with Crippen LogP contribution in [0.1, 0.15) is 23.8 Å². The van der Waals surface area contributed by atoms with E-state index in [9.17, 15) is 18.0 Å². The normalized spacial score (nSPS) is 17.3. The summed E-state index contributed by atoms with van der Waals surface area (Å²) >= 11 is 5.92. The van der Waals surface area contributed by atoms with Crippen molar-refractivity contribution >= 4 is 29.3 Å². The third kappa shape index (κ3) is 4.06. The van der Waals surface area contributed by atoms with Gasteiger partial charge in [-0.05, 0) is 42.3 Å². The summed E-state index contributed by atoms with van der Waals surface area (Å²) < 4.78 is 36.6. The van der Waals surface area contributed by atoms with Crippen LogP contribution in [0.2, 0.25) is 0 Å². The van der Waals surface area contributed by atoms with Crippen LogP contribution in [-0.4, -0.2) is 29.4 Å². The number of alkyl halides is 4. The number of hydrogen-bond acceptors (Lipinski definition) is 2. The maximum absolute atomic E-state index is 12.2. The summed E-state index contributed by atoms with van der Waals surface area (Å²) in [6, 6.07) is 5.61. The van der Waals surface area contributed by atoms with Crippen LogP contribution in [0.3, 0.4) is 0 Å². The highest BCUT2D eigenvalue weighted by Gasteiger charge is 2.30. The lowest BCUT2D eigenvalue weighted by atomic mass is 10.1. The molecule has 0 aromatic heterocycles. The molecule has 1 unspecified atom stereocenters. The minimum absolute atomic E-state index is 0.0822. The van der Waals surface area contributed by atoms with Gasteiger partial charge in [-0.3, -0.25) is 4.79 Å². The zero-order valence-electron chi connectivity index (χ0n) is 10.5. The van der Waals surface area contributed by atoms with Gasteiger partial charge in [-0.1, -0.05) is 12.1 Å². The quantitative estimate of drug-likeness (QED) is 0.614. The van der Waals surface area contributed by atoms with Gasteiger partial charge in [0, 0.05) is 18.0 Å². The summed E-state index contributed by atoms with van der Waals surface area (Å²) in [5.74, 6) is -0.180. The number of hydrogen-bond donors (Lipinski definition) is 0. The van der Waals surface area contributed by atoms with Gasteiger partial charge in [0.1, 0.15) is 5.38 Å². The highest BCUT2D eigenvalue weighted by Crippen LogP contribution is 2.37. The Morgan fingerprint density at radius 2 is 1.75 bits per heavy atom. The summed E-state index contributed by atoms with van der Waals surface area (Å²) in [7, 11) is 0. The smallest absolute Gasteiger partial charge is 0.341 e. The Morgan fingerprint density at radius 1 is 1.20 bits per heavy atom. The molecule has 0 saturated carbocycles. The zero-order chi connectivity index (χ0) is 14.8. The molecule has 0 aliphatic carbocycles. The fraction of sp³-hybridized carbons (Fsp3) is 0.462. The highest BCUT2D eigenvalue weighted by molar-refractivity contribution is 8.00. The molecule has 2 nitrogen and oxygen atoms in total. The number of benzene rings is 1. The van der Waals surface area contributed by atoms with Crippen molar-refractivity contribution < 1.29 is 18.0 Å². The predicted octanol–water partition coefficient (Wildman–Crippen LogP) is 4.20. The van der Waals surface area contributed by atoms with Crippen molar-refractivity contribution in [2.45, 2.75) is 28.6 Å². The van der Waals surface area contributed by atoms with Crippen LogP contribution >= 0.6 is 23.4 Å². The van der Waals surface area contributed by atoms with Gasteiger partial charge in [-0.2, -0.15) is 13.2 Å². The van der Waals surface area contributed by atoms with Gasteiger partial charge < -0.3 is 4.90 Å². The van der Waals surface area contributed by atoms with Crippen LogP contribution in [-0.2, 0) is 4.79 Å². The van der Waals surface area contributed by atoms with Crippen LogP contribution in [0, 0.1) is 0 Å². The summed E-state index contributed by atoms with van der Waals surface area (Å²) in [4.78, 5) is 13.8. The van der Waals surface area contributed by atoms with Crippen molar-refractivity contribution in [2.75, 3.05) is 13.1 Å². The number of nitrogens with zero attached hydrogens (tertiary/aromatic N) is 1. The Kier molecular flexibility index (Phi) is 4.86. The minimum Gasteiger partial charge on any atom is -0.341 e. The molecule has 1 heterocycles. The van der Waals surface area contributed by atoms with E-state index in [0.717, 1.165) is 12.8 Å². The van der Waals surface area contributed by atoms with Crippen molar-refractivity contribution in [1.29, 1.82) is 0 Å². The van der Waals surface area contributed by atoms with E-state index in [1.807, 2.05) is 0 Å². The van der Waals surface area contributed by atoms with E-state index in [1.54, 1.807) is 4.90 Å². The van der Waals surface area contributed by atoms with Gasteiger partial charge in [0.05, 0.1) is 0 Å². The molecule has 0 radical (unpaired) electrons. The molecule has 1 aliphatic rings.